The molecule has 0 heterocycles. The molecular formula is C13H21BrClN3. The van der Waals surface area contributed by atoms with Gasteiger partial charge in [-0.2, -0.15) is 0 Å². The Bertz CT molecular complexity index is 384. The third-order valence-corrected chi connectivity index (χ3v) is 4.20. The number of nitrogens with zero attached hydrogens (tertiary/aromatic N) is 2. The van der Waals surface area contributed by atoms with Gasteiger partial charge in [0.05, 0.1) is 5.02 Å². The molecule has 0 aliphatic heterocycles. The predicted octanol–water partition coefficient (Wildman–Crippen LogP) is 2.60. The second-order valence-corrected chi connectivity index (χ2v) is 5.97. The van der Waals surface area contributed by atoms with Gasteiger partial charge in [0.15, 0.2) is 0 Å². The zero-order chi connectivity index (χ0) is 13.7. The van der Waals surface area contributed by atoms with Gasteiger partial charge in [0.2, 0.25) is 0 Å². The van der Waals surface area contributed by atoms with Crippen molar-refractivity contribution in [3.05, 3.63) is 33.3 Å². The van der Waals surface area contributed by atoms with Gasteiger partial charge in [0.25, 0.3) is 0 Å². The molecule has 2 N–H and O–H groups in total. The van der Waals surface area contributed by atoms with Crippen molar-refractivity contribution in [2.75, 3.05) is 40.8 Å². The lowest BCUT2D eigenvalue weighted by Crippen LogP contribution is -2.35. The Labute approximate surface area is 123 Å². The molecule has 0 radical (unpaired) electrons. The Morgan fingerprint density at radius 2 is 1.94 bits per heavy atom. The second-order valence-electron chi connectivity index (χ2n) is 4.71. The molecule has 0 aliphatic carbocycles. The van der Waals surface area contributed by atoms with Crippen LogP contribution in [-0.2, 0) is 0 Å². The number of rotatable bonds is 6. The van der Waals surface area contributed by atoms with Crippen molar-refractivity contribution in [1.29, 1.82) is 0 Å². The van der Waals surface area contributed by atoms with E-state index in [0.29, 0.717) is 6.54 Å². The summed E-state index contributed by atoms with van der Waals surface area (Å²) in [6.07, 6.45) is 0. The molecule has 102 valence electrons. The molecule has 5 heteroatoms. The highest BCUT2D eigenvalue weighted by Gasteiger charge is 2.16. The highest BCUT2D eigenvalue weighted by molar-refractivity contribution is 9.10. The van der Waals surface area contributed by atoms with Crippen LogP contribution in [0, 0.1) is 0 Å². The van der Waals surface area contributed by atoms with Crippen molar-refractivity contribution in [3.63, 3.8) is 0 Å². The third-order valence-electron chi connectivity index (χ3n) is 2.98. The quantitative estimate of drug-likeness (QED) is 0.868. The number of benzene rings is 1. The van der Waals surface area contributed by atoms with Crippen molar-refractivity contribution < 1.29 is 0 Å². The van der Waals surface area contributed by atoms with Gasteiger partial charge in [-0.15, -0.1) is 0 Å². The number of nitrogens with two attached hydrogens (primary N) is 1. The van der Waals surface area contributed by atoms with Crippen molar-refractivity contribution in [1.82, 2.24) is 9.80 Å². The maximum atomic E-state index is 6.01. The number of hydrogen-bond donors (Lipinski definition) is 1. The number of likely N-dealkylation sites (N-methyl/N-ethyl adjacent to an activating group) is 2. The first-order valence-corrected chi connectivity index (χ1v) is 7.12. The summed E-state index contributed by atoms with van der Waals surface area (Å²) >= 11 is 9.47. The summed E-state index contributed by atoms with van der Waals surface area (Å²) in [4.78, 5) is 4.44. The molecule has 1 aromatic rings. The molecule has 0 amide bonds. The SMILES string of the molecule is CN(C)CCN(C)C(CN)c1ccc(Cl)c(Br)c1. The van der Waals surface area contributed by atoms with Gasteiger partial charge in [-0.1, -0.05) is 17.7 Å². The number of halogens is 2. The van der Waals surface area contributed by atoms with E-state index in [4.69, 9.17) is 17.3 Å². The summed E-state index contributed by atoms with van der Waals surface area (Å²) in [5, 5.41) is 0.727. The van der Waals surface area contributed by atoms with E-state index in [2.05, 4.69) is 46.9 Å². The Morgan fingerprint density at radius 1 is 1.28 bits per heavy atom. The molecule has 1 rings (SSSR count). The summed E-state index contributed by atoms with van der Waals surface area (Å²) in [7, 11) is 6.25. The first kappa shape index (κ1) is 15.9. The van der Waals surface area contributed by atoms with Gasteiger partial charge in [-0.05, 0) is 54.8 Å². The smallest absolute Gasteiger partial charge is 0.0548 e. The minimum atomic E-state index is 0.221. The van der Waals surface area contributed by atoms with Gasteiger partial charge in [0.1, 0.15) is 0 Å². The fourth-order valence-electron chi connectivity index (χ4n) is 1.80. The molecule has 0 fully saturated rings. The van der Waals surface area contributed by atoms with E-state index in [1.165, 1.54) is 5.56 Å². The highest BCUT2D eigenvalue weighted by atomic mass is 79.9. The van der Waals surface area contributed by atoms with Gasteiger partial charge in [0, 0.05) is 30.1 Å². The molecular weight excluding hydrogens is 314 g/mol. The van der Waals surface area contributed by atoms with Gasteiger partial charge >= 0.3 is 0 Å². The highest BCUT2D eigenvalue weighted by Crippen LogP contribution is 2.27. The van der Waals surface area contributed by atoms with Crippen LogP contribution in [0.15, 0.2) is 22.7 Å². The van der Waals surface area contributed by atoms with Crippen LogP contribution in [0.4, 0.5) is 0 Å². The molecule has 0 aliphatic rings. The molecule has 18 heavy (non-hydrogen) atoms. The van der Waals surface area contributed by atoms with Crippen LogP contribution in [-0.4, -0.2) is 50.6 Å². The Kier molecular flexibility index (Phi) is 6.60. The van der Waals surface area contributed by atoms with E-state index in [1.807, 2.05) is 18.2 Å². The molecule has 0 bridgehead atoms. The summed E-state index contributed by atoms with van der Waals surface area (Å²) in [5.74, 6) is 0. The largest absolute Gasteiger partial charge is 0.329 e. The summed E-state index contributed by atoms with van der Waals surface area (Å²) < 4.78 is 0.918. The zero-order valence-electron chi connectivity index (χ0n) is 11.2. The molecule has 1 aromatic carbocycles. The fourth-order valence-corrected chi connectivity index (χ4v) is 2.32. The summed E-state index contributed by atoms with van der Waals surface area (Å²) in [6.45, 7) is 2.59. The minimum absolute atomic E-state index is 0.221. The third kappa shape index (κ3) is 4.52. The maximum Gasteiger partial charge on any atom is 0.0548 e. The lowest BCUT2D eigenvalue weighted by atomic mass is 10.1. The minimum Gasteiger partial charge on any atom is -0.329 e. The molecule has 0 aromatic heterocycles. The zero-order valence-corrected chi connectivity index (χ0v) is 13.5. The van der Waals surface area contributed by atoms with Crippen molar-refractivity contribution in [2.45, 2.75) is 6.04 Å². The average Bonchev–Trinajstić information content (AvgIpc) is 2.32. The summed E-state index contributed by atoms with van der Waals surface area (Å²) in [6, 6.07) is 6.21. The van der Waals surface area contributed by atoms with Crippen molar-refractivity contribution >= 4 is 27.5 Å². The van der Waals surface area contributed by atoms with E-state index in [1.54, 1.807) is 0 Å². The fraction of sp³-hybridized carbons (Fsp3) is 0.538. The Morgan fingerprint density at radius 3 is 2.44 bits per heavy atom. The first-order valence-electron chi connectivity index (χ1n) is 5.95. The second kappa shape index (κ2) is 7.46. The van der Waals surface area contributed by atoms with Gasteiger partial charge in [-0.25, -0.2) is 0 Å². The number of hydrogen-bond acceptors (Lipinski definition) is 3. The van der Waals surface area contributed by atoms with E-state index in [0.717, 1.165) is 22.6 Å². The van der Waals surface area contributed by atoms with E-state index < -0.39 is 0 Å². The molecule has 3 nitrogen and oxygen atoms in total. The predicted molar refractivity (Wildman–Crippen MR) is 82.1 cm³/mol. The Balaban J connectivity index is 2.78. The van der Waals surface area contributed by atoms with Gasteiger partial charge < -0.3 is 10.6 Å². The van der Waals surface area contributed by atoms with Crippen LogP contribution in [0.3, 0.4) is 0 Å². The topological polar surface area (TPSA) is 32.5 Å². The average molecular weight is 335 g/mol. The van der Waals surface area contributed by atoms with Crippen molar-refractivity contribution in [2.24, 2.45) is 5.73 Å². The van der Waals surface area contributed by atoms with Crippen LogP contribution in [0.25, 0.3) is 0 Å². The van der Waals surface area contributed by atoms with Crippen LogP contribution in [0.5, 0.6) is 0 Å². The van der Waals surface area contributed by atoms with Crippen LogP contribution < -0.4 is 5.73 Å². The van der Waals surface area contributed by atoms with E-state index >= 15 is 0 Å². The van der Waals surface area contributed by atoms with Gasteiger partial charge in [-0.3, -0.25) is 4.90 Å². The molecule has 1 atom stereocenters. The molecule has 1 unspecified atom stereocenters. The monoisotopic (exact) mass is 333 g/mol. The van der Waals surface area contributed by atoms with E-state index in [9.17, 15) is 0 Å². The van der Waals surface area contributed by atoms with Crippen LogP contribution >= 0.6 is 27.5 Å². The molecule has 0 saturated carbocycles. The summed E-state index contributed by atoms with van der Waals surface area (Å²) in [5.41, 5.74) is 7.09. The lowest BCUT2D eigenvalue weighted by molar-refractivity contribution is 0.223. The van der Waals surface area contributed by atoms with Crippen molar-refractivity contribution in [3.8, 4) is 0 Å². The maximum absolute atomic E-state index is 6.01. The van der Waals surface area contributed by atoms with Crippen LogP contribution in [0.2, 0.25) is 5.02 Å². The molecule has 0 spiro atoms. The normalized spacial score (nSPS) is 13.3. The Hall–Kier alpha value is -0.130. The van der Waals surface area contributed by atoms with Crippen LogP contribution in [0.1, 0.15) is 11.6 Å². The standard InChI is InChI=1S/C13H21BrClN3/c1-17(2)6-7-18(3)13(9-16)10-4-5-12(15)11(14)8-10/h4-5,8,13H,6-7,9,16H2,1-3H3. The first-order chi connectivity index (χ1) is 8.45. The molecule has 0 saturated heterocycles. The van der Waals surface area contributed by atoms with E-state index in [-0.39, 0.29) is 6.04 Å². The lowest BCUT2D eigenvalue weighted by Gasteiger charge is -2.28.